The molecule has 330 valence electrons. The molecule has 58 heavy (non-hydrogen) atoms. The Kier molecular flexibility index (Phi) is 11.4. The van der Waals surface area contributed by atoms with E-state index >= 15 is 0 Å². The molecule has 2 heterocycles. The summed E-state index contributed by atoms with van der Waals surface area (Å²) >= 11 is 0. The minimum absolute atomic E-state index is 0.0980. The molecule has 7 rings (SSSR count). The van der Waals surface area contributed by atoms with Crippen LogP contribution < -0.4 is 0 Å². The van der Waals surface area contributed by atoms with Gasteiger partial charge >= 0.3 is 11.9 Å². The summed E-state index contributed by atoms with van der Waals surface area (Å²) in [4.78, 5) is 28.1. The van der Waals surface area contributed by atoms with E-state index in [2.05, 4.69) is 40.7 Å². The van der Waals surface area contributed by atoms with Gasteiger partial charge in [-0.1, -0.05) is 46.3 Å². The maximum atomic E-state index is 14.6. The van der Waals surface area contributed by atoms with Crippen LogP contribution >= 0.6 is 0 Å². The number of fused-ring (bicyclic) bond motifs is 7. The zero-order valence-electron chi connectivity index (χ0n) is 34.4. The number of rotatable bonds is 7. The molecule has 16 heteroatoms. The third-order valence-corrected chi connectivity index (χ3v) is 17.3. The SMILES string of the molecule is CC1(C)CCC2(C(=O)OC3OC(CO)C(O)C(O)C3O)CCC3(C)C(=CCC4C5(C)CC(O)C(OC6OC(CO)C(O)C(O)C6O)C(C)(C(=O)O)C5CCC43C)C2C1. The highest BCUT2D eigenvalue weighted by molar-refractivity contribution is 5.79. The average Bonchev–Trinajstić information content (AvgIpc) is 3.16. The number of esters is 1. The maximum absolute atomic E-state index is 14.6. The largest absolute Gasteiger partial charge is 0.481 e. The van der Waals surface area contributed by atoms with Crippen molar-refractivity contribution in [3.63, 3.8) is 0 Å². The molecule has 16 nitrogen and oxygen atoms in total. The third-order valence-electron chi connectivity index (χ3n) is 17.3. The monoisotopic (exact) mass is 826 g/mol. The van der Waals surface area contributed by atoms with Gasteiger partial charge in [0.05, 0.1) is 30.1 Å². The van der Waals surface area contributed by atoms with Crippen LogP contribution in [0.3, 0.4) is 0 Å². The zero-order chi connectivity index (χ0) is 42.7. The van der Waals surface area contributed by atoms with Gasteiger partial charge in [-0.05, 0) is 104 Å². The van der Waals surface area contributed by atoms with Gasteiger partial charge in [0.25, 0.3) is 0 Å². The predicted octanol–water partition coefficient (Wildman–Crippen LogP) is 0.352. The van der Waals surface area contributed by atoms with Crippen molar-refractivity contribution in [3.8, 4) is 0 Å². The Hall–Kier alpha value is -1.80. The lowest BCUT2D eigenvalue weighted by Gasteiger charge is -2.71. The molecule has 0 aromatic rings. The lowest BCUT2D eigenvalue weighted by atomic mass is 9.33. The summed E-state index contributed by atoms with van der Waals surface area (Å²) < 4.78 is 23.3. The fraction of sp³-hybridized carbons (Fsp3) is 0.905. The fourth-order valence-electron chi connectivity index (χ4n) is 13.6. The smallest absolute Gasteiger partial charge is 0.315 e. The van der Waals surface area contributed by atoms with Crippen molar-refractivity contribution in [3.05, 3.63) is 11.6 Å². The topological polar surface area (TPSA) is 273 Å². The fourth-order valence-corrected chi connectivity index (χ4v) is 13.6. The number of hydrogen-bond acceptors (Lipinski definition) is 15. The quantitative estimate of drug-likeness (QED) is 0.0943. The van der Waals surface area contributed by atoms with Crippen LogP contribution in [0.1, 0.15) is 99.3 Å². The van der Waals surface area contributed by atoms with Gasteiger partial charge in [0.2, 0.25) is 6.29 Å². The van der Waals surface area contributed by atoms with Crippen LogP contribution in [0.5, 0.6) is 0 Å². The lowest BCUT2D eigenvalue weighted by Crippen LogP contribution is -2.70. The van der Waals surface area contributed by atoms with Crippen LogP contribution in [-0.4, -0.2) is 150 Å². The van der Waals surface area contributed by atoms with Gasteiger partial charge in [0, 0.05) is 0 Å². The Bertz CT molecular complexity index is 1620. The molecule has 0 spiro atoms. The van der Waals surface area contributed by atoms with Gasteiger partial charge in [-0.15, -0.1) is 0 Å². The van der Waals surface area contributed by atoms with Crippen molar-refractivity contribution in [2.75, 3.05) is 13.2 Å². The van der Waals surface area contributed by atoms with Crippen LogP contribution in [0.2, 0.25) is 0 Å². The standard InChI is InChI=1S/C42H66O16/c1-37(2)11-13-42(36(54)58-34-31(51)29(49)27(47)23(18-44)56-34)14-12-39(4)19(20(42)15-37)7-8-24-38(3)16-21(45)32(41(6,35(52)53)25(38)9-10-40(24,39)5)57-33-30(50)28(48)26(46)22(17-43)55-33/h7,20-34,43-51H,8-18H2,1-6H3,(H,52,53). The lowest BCUT2D eigenvalue weighted by molar-refractivity contribution is -0.340. The van der Waals surface area contributed by atoms with Crippen LogP contribution in [0.15, 0.2) is 11.6 Å². The van der Waals surface area contributed by atoms with Crippen molar-refractivity contribution in [2.24, 2.45) is 50.2 Å². The van der Waals surface area contributed by atoms with E-state index < -0.39 is 132 Å². The van der Waals surface area contributed by atoms with Gasteiger partial charge in [0.15, 0.2) is 6.29 Å². The molecule has 7 aliphatic rings. The number of carbonyl (C=O) groups is 2. The molecule has 6 fully saturated rings. The van der Waals surface area contributed by atoms with E-state index in [1.807, 2.05) is 0 Å². The second-order valence-corrected chi connectivity index (χ2v) is 20.6. The van der Waals surface area contributed by atoms with E-state index in [4.69, 9.17) is 18.9 Å². The highest BCUT2D eigenvalue weighted by Crippen LogP contribution is 2.76. The number of hydrogen-bond donors (Lipinski definition) is 10. The molecule has 0 amide bonds. The van der Waals surface area contributed by atoms with Crippen LogP contribution in [-0.2, 0) is 28.5 Å². The Morgan fingerprint density at radius 3 is 1.88 bits per heavy atom. The van der Waals surface area contributed by atoms with Crippen LogP contribution in [0, 0.1) is 50.2 Å². The Labute approximate surface area is 339 Å². The molecule has 0 aromatic heterocycles. The van der Waals surface area contributed by atoms with E-state index in [9.17, 15) is 60.7 Å². The van der Waals surface area contributed by atoms with Crippen LogP contribution in [0.4, 0.5) is 0 Å². The predicted molar refractivity (Wildman–Crippen MR) is 201 cm³/mol. The summed E-state index contributed by atoms with van der Waals surface area (Å²) in [5, 5.41) is 106. The van der Waals surface area contributed by atoms with Crippen molar-refractivity contribution >= 4 is 11.9 Å². The molecule has 20 atom stereocenters. The number of carboxylic acids is 1. The summed E-state index contributed by atoms with van der Waals surface area (Å²) in [5.41, 5.74) is -3.18. The molecule has 5 aliphatic carbocycles. The van der Waals surface area contributed by atoms with Crippen molar-refractivity contribution in [2.45, 2.75) is 173 Å². The number of aliphatic hydroxyl groups is 9. The molecule has 0 bridgehead atoms. The zero-order valence-corrected chi connectivity index (χ0v) is 34.4. The number of allylic oxidation sites excluding steroid dienone is 2. The first-order valence-electron chi connectivity index (χ1n) is 21.1. The molecular formula is C42H66O16. The first kappa shape index (κ1) is 44.3. The van der Waals surface area contributed by atoms with Crippen LogP contribution in [0.25, 0.3) is 0 Å². The second-order valence-electron chi connectivity index (χ2n) is 20.6. The van der Waals surface area contributed by atoms with E-state index in [-0.39, 0.29) is 23.7 Å². The minimum atomic E-state index is -1.77. The molecule has 2 saturated heterocycles. The average molecular weight is 827 g/mol. The Morgan fingerprint density at radius 1 is 0.724 bits per heavy atom. The molecule has 4 saturated carbocycles. The first-order valence-corrected chi connectivity index (χ1v) is 21.1. The molecule has 0 radical (unpaired) electrons. The van der Waals surface area contributed by atoms with E-state index in [0.717, 1.165) is 12.0 Å². The highest BCUT2D eigenvalue weighted by Gasteiger charge is 2.73. The summed E-state index contributed by atoms with van der Waals surface area (Å²) in [6.07, 6.45) is -11.5. The highest BCUT2D eigenvalue weighted by atomic mass is 16.7. The molecular weight excluding hydrogens is 760 g/mol. The van der Waals surface area contributed by atoms with Gasteiger partial charge in [-0.3, -0.25) is 9.59 Å². The molecule has 10 N–H and O–H groups in total. The molecule has 0 aromatic carbocycles. The Morgan fingerprint density at radius 2 is 1.29 bits per heavy atom. The first-order chi connectivity index (χ1) is 27.0. The van der Waals surface area contributed by atoms with E-state index in [0.29, 0.717) is 44.9 Å². The summed E-state index contributed by atoms with van der Waals surface area (Å²) in [5.74, 6) is -2.59. The van der Waals surface area contributed by atoms with Crippen molar-refractivity contribution in [1.82, 2.24) is 0 Å². The summed E-state index contributed by atoms with van der Waals surface area (Å²) in [6, 6.07) is 0. The number of carboxylic acid groups (broad SMARTS) is 1. The molecule has 20 unspecified atom stereocenters. The number of aliphatic hydroxyl groups excluding tert-OH is 9. The number of ether oxygens (including phenoxy) is 4. The summed E-state index contributed by atoms with van der Waals surface area (Å²) in [7, 11) is 0. The minimum Gasteiger partial charge on any atom is -0.481 e. The second kappa shape index (κ2) is 14.9. The van der Waals surface area contributed by atoms with Crippen molar-refractivity contribution < 1.29 is 79.6 Å². The van der Waals surface area contributed by atoms with Gasteiger partial charge in [-0.25, -0.2) is 0 Å². The summed E-state index contributed by atoms with van der Waals surface area (Å²) in [6.45, 7) is 11.2. The van der Waals surface area contributed by atoms with E-state index in [1.54, 1.807) is 6.92 Å². The number of carbonyl (C=O) groups excluding carboxylic acids is 1. The Balaban J connectivity index is 1.21. The van der Waals surface area contributed by atoms with Gasteiger partial charge < -0.3 is 70.0 Å². The van der Waals surface area contributed by atoms with Gasteiger partial charge in [-0.2, -0.15) is 0 Å². The van der Waals surface area contributed by atoms with Gasteiger partial charge in [0.1, 0.15) is 54.9 Å². The third kappa shape index (κ3) is 6.29. The molecule has 2 aliphatic heterocycles. The normalized spacial score (nSPS) is 53.8. The van der Waals surface area contributed by atoms with E-state index in [1.165, 1.54) is 0 Å². The van der Waals surface area contributed by atoms with Crippen molar-refractivity contribution in [1.29, 1.82) is 0 Å². The number of aliphatic carboxylic acids is 1. The maximum Gasteiger partial charge on any atom is 0.315 e.